The van der Waals surface area contributed by atoms with E-state index in [4.69, 9.17) is 9.84 Å². The van der Waals surface area contributed by atoms with E-state index >= 15 is 0 Å². The van der Waals surface area contributed by atoms with Crippen LogP contribution < -0.4 is 10.1 Å². The summed E-state index contributed by atoms with van der Waals surface area (Å²) in [6.45, 7) is 0.372. The molecule has 0 radical (unpaired) electrons. The molecule has 0 saturated heterocycles. The van der Waals surface area contributed by atoms with E-state index in [9.17, 15) is 14.9 Å². The zero-order valence-electron chi connectivity index (χ0n) is 11.6. The van der Waals surface area contributed by atoms with Gasteiger partial charge in [-0.15, -0.1) is 0 Å². The van der Waals surface area contributed by atoms with Gasteiger partial charge in [0.1, 0.15) is 11.5 Å². The first kappa shape index (κ1) is 15.3. The van der Waals surface area contributed by atoms with Gasteiger partial charge >= 0.3 is 6.09 Å². The molecule has 2 aromatic rings. The maximum absolute atomic E-state index is 11.6. The fourth-order valence-corrected chi connectivity index (χ4v) is 1.75. The Kier molecular flexibility index (Phi) is 4.92. The van der Waals surface area contributed by atoms with Crippen molar-refractivity contribution in [3.63, 3.8) is 0 Å². The highest BCUT2D eigenvalue weighted by Gasteiger charge is 2.07. The van der Waals surface area contributed by atoms with Crippen LogP contribution >= 0.6 is 0 Å². The summed E-state index contributed by atoms with van der Waals surface area (Å²) in [5, 5.41) is 22.2. The van der Waals surface area contributed by atoms with E-state index < -0.39 is 11.0 Å². The highest BCUT2D eigenvalue weighted by molar-refractivity contribution is 5.70. The third-order valence-corrected chi connectivity index (χ3v) is 2.88. The molecule has 2 rings (SSSR count). The molecule has 0 bridgehead atoms. The largest absolute Gasteiger partial charge is 0.508 e. The topological polar surface area (TPSA) is 102 Å². The summed E-state index contributed by atoms with van der Waals surface area (Å²) < 4.78 is 4.99. The minimum atomic E-state index is -0.632. The molecule has 0 aliphatic rings. The quantitative estimate of drug-likeness (QED) is 0.653. The second-order valence-electron chi connectivity index (χ2n) is 4.48. The van der Waals surface area contributed by atoms with Crippen molar-refractivity contribution in [2.24, 2.45) is 0 Å². The maximum Gasteiger partial charge on any atom is 0.412 e. The maximum atomic E-state index is 11.6. The van der Waals surface area contributed by atoms with E-state index in [1.807, 2.05) is 0 Å². The summed E-state index contributed by atoms with van der Waals surface area (Å²) in [6.07, 6.45) is -0.0389. The van der Waals surface area contributed by atoms with Crippen LogP contribution in [0.1, 0.15) is 5.56 Å². The highest BCUT2D eigenvalue weighted by Crippen LogP contribution is 2.17. The molecule has 0 fully saturated rings. The highest BCUT2D eigenvalue weighted by atomic mass is 16.6. The molecule has 2 N–H and O–H groups in total. The second kappa shape index (κ2) is 7.07. The molecule has 7 heteroatoms. The fourth-order valence-electron chi connectivity index (χ4n) is 1.75. The average Bonchev–Trinajstić information content (AvgIpc) is 2.50. The Labute approximate surface area is 126 Å². The van der Waals surface area contributed by atoms with Crippen molar-refractivity contribution in [3.05, 3.63) is 64.2 Å². The molecule has 0 aliphatic carbocycles. The molecule has 0 atom stereocenters. The van der Waals surface area contributed by atoms with Gasteiger partial charge in [0.25, 0.3) is 5.69 Å². The minimum absolute atomic E-state index is 0.0694. The smallest absolute Gasteiger partial charge is 0.412 e. The van der Waals surface area contributed by atoms with Crippen LogP contribution in [0.25, 0.3) is 0 Å². The molecule has 22 heavy (non-hydrogen) atoms. The number of nitro benzene ring substituents is 1. The minimum Gasteiger partial charge on any atom is -0.508 e. The monoisotopic (exact) mass is 302 g/mol. The molecule has 0 heterocycles. The normalized spacial score (nSPS) is 10.0. The number of non-ortho nitro benzene ring substituents is 1. The van der Waals surface area contributed by atoms with Crippen molar-refractivity contribution in [1.29, 1.82) is 0 Å². The van der Waals surface area contributed by atoms with E-state index in [0.717, 1.165) is 5.56 Å². The lowest BCUT2D eigenvalue weighted by Gasteiger charge is -2.06. The van der Waals surface area contributed by atoms with Crippen LogP contribution in [0, 0.1) is 10.1 Å². The van der Waals surface area contributed by atoms with E-state index in [-0.39, 0.29) is 17.2 Å². The molecule has 0 unspecified atom stereocenters. The Morgan fingerprint density at radius 1 is 1.14 bits per heavy atom. The fraction of sp³-hybridized carbons (Fsp3) is 0.133. The van der Waals surface area contributed by atoms with E-state index in [1.54, 1.807) is 24.3 Å². The van der Waals surface area contributed by atoms with Gasteiger partial charge in [-0.1, -0.05) is 12.1 Å². The summed E-state index contributed by atoms with van der Waals surface area (Å²) in [7, 11) is 0. The van der Waals surface area contributed by atoms with Gasteiger partial charge in [0.2, 0.25) is 0 Å². The van der Waals surface area contributed by atoms with Crippen molar-refractivity contribution in [2.75, 3.05) is 6.54 Å². The van der Waals surface area contributed by atoms with Crippen molar-refractivity contribution < 1.29 is 19.6 Å². The number of hydrogen-bond donors (Lipinski definition) is 2. The molecule has 0 saturated carbocycles. The number of nitrogens with zero attached hydrogens (tertiary/aromatic N) is 1. The standard InChI is InChI=1S/C15H14N2O5/c18-13-5-1-11(2-6-13)9-10-16-15(19)22-14-7-3-12(4-8-14)17(20)21/h1-8,18H,9-10H2,(H,16,19). The summed E-state index contributed by atoms with van der Waals surface area (Å²) in [5.74, 6) is 0.419. The first-order chi connectivity index (χ1) is 10.5. The Morgan fingerprint density at radius 2 is 1.77 bits per heavy atom. The summed E-state index contributed by atoms with van der Waals surface area (Å²) in [5.41, 5.74) is 0.897. The Balaban J connectivity index is 1.77. The van der Waals surface area contributed by atoms with Crippen LogP contribution in [0.5, 0.6) is 11.5 Å². The molecule has 2 aromatic carbocycles. The first-order valence-corrected chi connectivity index (χ1v) is 6.52. The summed E-state index contributed by atoms with van der Waals surface area (Å²) in [4.78, 5) is 21.5. The summed E-state index contributed by atoms with van der Waals surface area (Å²) >= 11 is 0. The number of nitrogens with one attached hydrogen (secondary N) is 1. The molecule has 114 valence electrons. The lowest BCUT2D eigenvalue weighted by atomic mass is 10.1. The molecule has 0 aliphatic heterocycles. The van der Waals surface area contributed by atoms with Crippen molar-refractivity contribution in [1.82, 2.24) is 5.32 Å². The molecular weight excluding hydrogens is 288 g/mol. The molecule has 7 nitrogen and oxygen atoms in total. The van der Waals surface area contributed by atoms with Gasteiger partial charge < -0.3 is 15.2 Å². The average molecular weight is 302 g/mol. The third kappa shape index (κ3) is 4.48. The Morgan fingerprint density at radius 3 is 2.36 bits per heavy atom. The SMILES string of the molecule is O=C(NCCc1ccc(O)cc1)Oc1ccc([N+](=O)[O-])cc1. The number of benzene rings is 2. The predicted octanol–water partition coefficient (Wildman–Crippen LogP) is 2.63. The first-order valence-electron chi connectivity index (χ1n) is 6.52. The number of ether oxygens (including phenoxy) is 1. The van der Waals surface area contributed by atoms with E-state index in [2.05, 4.69) is 5.32 Å². The van der Waals surface area contributed by atoms with Crippen LogP contribution in [0.3, 0.4) is 0 Å². The zero-order valence-corrected chi connectivity index (χ0v) is 11.6. The van der Waals surface area contributed by atoms with Gasteiger partial charge in [0, 0.05) is 18.7 Å². The number of hydrogen-bond acceptors (Lipinski definition) is 5. The molecule has 1 amide bonds. The number of phenols is 1. The van der Waals surface area contributed by atoms with Gasteiger partial charge in [0.05, 0.1) is 4.92 Å². The number of carbonyl (C=O) groups is 1. The number of rotatable bonds is 5. The van der Waals surface area contributed by atoms with Crippen molar-refractivity contribution in [3.8, 4) is 11.5 Å². The Hall–Kier alpha value is -3.09. The second-order valence-corrected chi connectivity index (χ2v) is 4.48. The number of phenolic OH excluding ortho intramolecular Hbond substituents is 1. The lowest BCUT2D eigenvalue weighted by Crippen LogP contribution is -2.28. The number of nitro groups is 1. The molecule has 0 aromatic heterocycles. The van der Waals surface area contributed by atoms with Crippen LogP contribution in [0.4, 0.5) is 10.5 Å². The van der Waals surface area contributed by atoms with Crippen LogP contribution in [0.15, 0.2) is 48.5 Å². The van der Waals surface area contributed by atoms with E-state index in [1.165, 1.54) is 24.3 Å². The van der Waals surface area contributed by atoms with E-state index in [0.29, 0.717) is 13.0 Å². The van der Waals surface area contributed by atoms with Gasteiger partial charge in [-0.25, -0.2) is 4.79 Å². The molecule has 0 spiro atoms. The van der Waals surface area contributed by atoms with Crippen LogP contribution in [-0.2, 0) is 6.42 Å². The lowest BCUT2D eigenvalue weighted by molar-refractivity contribution is -0.384. The number of carbonyl (C=O) groups excluding carboxylic acids is 1. The van der Waals surface area contributed by atoms with Crippen LogP contribution in [0.2, 0.25) is 0 Å². The number of amides is 1. The molecular formula is C15H14N2O5. The zero-order chi connectivity index (χ0) is 15.9. The van der Waals surface area contributed by atoms with Gasteiger partial charge in [-0.2, -0.15) is 0 Å². The van der Waals surface area contributed by atoms with Crippen molar-refractivity contribution >= 4 is 11.8 Å². The third-order valence-electron chi connectivity index (χ3n) is 2.88. The Bertz CT molecular complexity index is 653. The van der Waals surface area contributed by atoms with Crippen molar-refractivity contribution in [2.45, 2.75) is 6.42 Å². The predicted molar refractivity (Wildman–Crippen MR) is 78.9 cm³/mol. The van der Waals surface area contributed by atoms with Gasteiger partial charge in [-0.05, 0) is 36.2 Å². The van der Waals surface area contributed by atoms with Crippen LogP contribution in [-0.4, -0.2) is 22.7 Å². The van der Waals surface area contributed by atoms with Gasteiger partial charge in [0.15, 0.2) is 0 Å². The number of aromatic hydroxyl groups is 1. The summed E-state index contributed by atoms with van der Waals surface area (Å²) in [6, 6.07) is 11.9. The van der Waals surface area contributed by atoms with Gasteiger partial charge in [-0.3, -0.25) is 10.1 Å².